The summed E-state index contributed by atoms with van der Waals surface area (Å²) in [5.74, 6) is -9.38. The van der Waals surface area contributed by atoms with Crippen molar-refractivity contribution in [3.8, 4) is 0 Å². The van der Waals surface area contributed by atoms with Gasteiger partial charge in [-0.25, -0.2) is 4.79 Å². The largest absolute Gasteiger partial charge is 0.481 e. The molecule has 2 aliphatic heterocycles. The van der Waals surface area contributed by atoms with Crippen molar-refractivity contribution < 1.29 is 58.5 Å². The van der Waals surface area contributed by atoms with E-state index in [2.05, 4.69) is 16.0 Å². The van der Waals surface area contributed by atoms with Crippen LogP contribution in [0.4, 0.5) is 0 Å². The number of aliphatic carboxylic acids is 3. The zero-order valence-corrected chi connectivity index (χ0v) is 27.7. The van der Waals surface area contributed by atoms with Gasteiger partial charge in [-0.2, -0.15) is 0 Å². The van der Waals surface area contributed by atoms with Crippen LogP contribution < -0.4 is 27.4 Å². The van der Waals surface area contributed by atoms with E-state index in [1.807, 2.05) is 0 Å². The van der Waals surface area contributed by atoms with Gasteiger partial charge in [0.15, 0.2) is 0 Å². The predicted molar refractivity (Wildman–Crippen MR) is 174 cm³/mol. The molecule has 2 heterocycles. The Kier molecular flexibility index (Phi) is 14.4. The fourth-order valence-electron chi connectivity index (χ4n) is 6.08. The minimum Gasteiger partial charge on any atom is -0.481 e. The first-order valence-corrected chi connectivity index (χ1v) is 16.3. The van der Waals surface area contributed by atoms with Crippen LogP contribution in [-0.2, 0) is 49.6 Å². The molecule has 19 nitrogen and oxygen atoms in total. The highest BCUT2D eigenvalue weighted by Gasteiger charge is 2.41. The van der Waals surface area contributed by atoms with Crippen molar-refractivity contribution in [2.75, 3.05) is 13.1 Å². The van der Waals surface area contributed by atoms with E-state index < -0.39 is 109 Å². The first-order valence-electron chi connectivity index (χ1n) is 16.3. The number of carbonyl (C=O) groups excluding carboxylic acids is 6. The second-order valence-corrected chi connectivity index (χ2v) is 12.4. The number of carboxylic acid groups (broad SMARTS) is 3. The van der Waals surface area contributed by atoms with Crippen LogP contribution in [0.15, 0.2) is 30.3 Å². The van der Waals surface area contributed by atoms with Crippen molar-refractivity contribution in [3.63, 3.8) is 0 Å². The highest BCUT2D eigenvalue weighted by atomic mass is 16.4. The molecule has 10 N–H and O–H groups in total. The van der Waals surface area contributed by atoms with Crippen LogP contribution in [0.3, 0.4) is 0 Å². The maximum absolute atomic E-state index is 13.8. The van der Waals surface area contributed by atoms with Gasteiger partial charge in [0.2, 0.25) is 35.4 Å². The van der Waals surface area contributed by atoms with Gasteiger partial charge >= 0.3 is 17.9 Å². The van der Waals surface area contributed by atoms with Crippen molar-refractivity contribution in [1.82, 2.24) is 25.8 Å². The average Bonchev–Trinajstić information content (AvgIpc) is 3.76. The topological polar surface area (TPSA) is 309 Å². The number of carbonyl (C=O) groups is 9. The van der Waals surface area contributed by atoms with Crippen molar-refractivity contribution in [1.29, 1.82) is 0 Å². The van der Waals surface area contributed by atoms with E-state index in [4.69, 9.17) is 16.6 Å². The third kappa shape index (κ3) is 11.5. The number of amides is 6. The van der Waals surface area contributed by atoms with E-state index in [0.29, 0.717) is 18.4 Å². The number of nitrogens with zero attached hydrogens (tertiary/aromatic N) is 2. The Morgan fingerprint density at radius 3 is 1.76 bits per heavy atom. The van der Waals surface area contributed by atoms with E-state index in [-0.39, 0.29) is 38.8 Å². The van der Waals surface area contributed by atoms with Crippen LogP contribution in [0.1, 0.15) is 56.9 Å². The fourth-order valence-corrected chi connectivity index (χ4v) is 6.08. The molecule has 19 heteroatoms. The molecular formula is C32H43N7O12. The summed E-state index contributed by atoms with van der Waals surface area (Å²) in [4.78, 5) is 115. The van der Waals surface area contributed by atoms with Gasteiger partial charge in [-0.3, -0.25) is 38.4 Å². The Morgan fingerprint density at radius 2 is 1.25 bits per heavy atom. The molecule has 0 unspecified atom stereocenters. The van der Waals surface area contributed by atoms with E-state index in [0.717, 1.165) is 9.80 Å². The number of nitrogens with two attached hydrogens (primary N) is 2. The minimum absolute atomic E-state index is 0.0293. The number of rotatable bonds is 18. The maximum Gasteiger partial charge on any atom is 0.326 e. The Hall–Kier alpha value is -5.59. The van der Waals surface area contributed by atoms with Crippen LogP contribution >= 0.6 is 0 Å². The molecule has 1 aromatic rings. The monoisotopic (exact) mass is 717 g/mol. The number of primary amides is 1. The summed E-state index contributed by atoms with van der Waals surface area (Å²) in [6, 6.07) is 0.216. The molecule has 0 aromatic heterocycles. The standard InChI is InChI=1S/C32H43N7O12/c33-18(15-25(41)42)30(48)38-12-4-8-22(38)28(46)36-20(16-26(43)44)27(45)35-19(10-11-24(34)40)31(49)39-13-5-9-23(39)29(47)37-21(32(50)51)14-17-6-2-1-3-7-17/h1-3,6-7,18-23H,4-5,8-16,33H2,(H2,34,40)(H,35,45)(H,36,46)(H,37,47)(H,41,42)(H,43,44)(H,50,51)/t18-,19-,20-,21-,22-,23-/m0/s1. The van der Waals surface area contributed by atoms with Gasteiger partial charge in [0.1, 0.15) is 30.2 Å². The van der Waals surface area contributed by atoms with Crippen molar-refractivity contribution in [3.05, 3.63) is 35.9 Å². The molecule has 51 heavy (non-hydrogen) atoms. The second-order valence-electron chi connectivity index (χ2n) is 12.4. The summed E-state index contributed by atoms with van der Waals surface area (Å²) < 4.78 is 0. The quantitative estimate of drug-likeness (QED) is 0.0767. The maximum atomic E-state index is 13.8. The van der Waals surface area contributed by atoms with Crippen LogP contribution in [0.2, 0.25) is 0 Å². The fraction of sp³-hybridized carbons (Fsp3) is 0.531. The summed E-state index contributed by atoms with van der Waals surface area (Å²) in [6.45, 7) is 0.106. The molecule has 2 saturated heterocycles. The summed E-state index contributed by atoms with van der Waals surface area (Å²) in [5, 5.41) is 35.4. The van der Waals surface area contributed by atoms with Crippen LogP contribution in [0.5, 0.6) is 0 Å². The number of hydrogen-bond donors (Lipinski definition) is 8. The molecular weight excluding hydrogens is 674 g/mol. The van der Waals surface area contributed by atoms with Gasteiger partial charge in [-0.1, -0.05) is 30.3 Å². The molecule has 0 radical (unpaired) electrons. The van der Waals surface area contributed by atoms with Crippen LogP contribution in [0.25, 0.3) is 0 Å². The van der Waals surface area contributed by atoms with Crippen molar-refractivity contribution >= 4 is 53.4 Å². The van der Waals surface area contributed by atoms with Crippen LogP contribution in [0, 0.1) is 0 Å². The van der Waals surface area contributed by atoms with E-state index in [1.54, 1.807) is 30.3 Å². The van der Waals surface area contributed by atoms with Gasteiger partial charge in [0, 0.05) is 25.9 Å². The third-order valence-corrected chi connectivity index (χ3v) is 8.59. The van der Waals surface area contributed by atoms with Gasteiger partial charge in [0.25, 0.3) is 0 Å². The summed E-state index contributed by atoms with van der Waals surface area (Å²) in [5.41, 5.74) is 11.6. The zero-order chi connectivity index (χ0) is 37.8. The molecule has 6 atom stereocenters. The molecule has 2 aliphatic rings. The molecule has 0 bridgehead atoms. The molecule has 3 rings (SSSR count). The van der Waals surface area contributed by atoms with E-state index in [1.165, 1.54) is 0 Å². The molecule has 1 aromatic carbocycles. The first-order chi connectivity index (χ1) is 24.1. The molecule has 2 fully saturated rings. The van der Waals surface area contributed by atoms with E-state index >= 15 is 0 Å². The Bertz CT molecular complexity index is 1510. The zero-order valence-electron chi connectivity index (χ0n) is 27.7. The lowest BCUT2D eigenvalue weighted by molar-refractivity contribution is -0.145. The van der Waals surface area contributed by atoms with Crippen LogP contribution in [-0.4, -0.2) is 128 Å². The molecule has 0 saturated carbocycles. The summed E-state index contributed by atoms with van der Waals surface area (Å²) in [6.07, 6.45) is -1.45. The highest BCUT2D eigenvalue weighted by molar-refractivity contribution is 5.98. The smallest absolute Gasteiger partial charge is 0.326 e. The average molecular weight is 718 g/mol. The van der Waals surface area contributed by atoms with Gasteiger partial charge in [-0.05, 0) is 37.7 Å². The lowest BCUT2D eigenvalue weighted by Crippen LogP contribution is -2.59. The van der Waals surface area contributed by atoms with Gasteiger partial charge in [0.05, 0.1) is 18.9 Å². The number of carboxylic acids is 3. The van der Waals surface area contributed by atoms with Crippen molar-refractivity contribution in [2.24, 2.45) is 11.5 Å². The Balaban J connectivity index is 1.76. The number of benzene rings is 1. The van der Waals surface area contributed by atoms with E-state index in [9.17, 15) is 53.4 Å². The Morgan fingerprint density at radius 1 is 0.725 bits per heavy atom. The summed E-state index contributed by atoms with van der Waals surface area (Å²) in [7, 11) is 0. The second kappa shape index (κ2) is 18.4. The molecule has 0 aliphatic carbocycles. The van der Waals surface area contributed by atoms with Gasteiger partial charge in [-0.15, -0.1) is 0 Å². The minimum atomic E-state index is -1.77. The molecule has 278 valence electrons. The predicted octanol–water partition coefficient (Wildman–Crippen LogP) is -2.71. The molecule has 0 spiro atoms. The van der Waals surface area contributed by atoms with Crippen molar-refractivity contribution in [2.45, 2.75) is 94.0 Å². The number of nitrogens with one attached hydrogen (secondary N) is 3. The molecule has 6 amide bonds. The third-order valence-electron chi connectivity index (χ3n) is 8.59. The Labute approximate surface area is 292 Å². The number of hydrogen-bond acceptors (Lipinski definition) is 10. The summed E-state index contributed by atoms with van der Waals surface area (Å²) >= 11 is 0. The lowest BCUT2D eigenvalue weighted by atomic mass is 10.0. The van der Waals surface area contributed by atoms with Gasteiger partial charge < -0.3 is 52.5 Å². The lowest BCUT2D eigenvalue weighted by Gasteiger charge is -2.31. The highest BCUT2D eigenvalue weighted by Crippen LogP contribution is 2.22. The first kappa shape index (κ1) is 39.8. The number of likely N-dealkylation sites (tertiary alicyclic amines) is 2. The normalized spacial score (nSPS) is 19.2. The SMILES string of the molecule is NC(=O)CC[C@H](NC(=O)[C@H](CC(=O)O)NC(=O)[C@@H]1CCCN1C(=O)[C@@H](N)CC(=O)O)C(=O)N1CCC[C@H]1C(=O)N[C@@H](Cc1ccccc1)C(=O)O.